The maximum absolute atomic E-state index is 8.96. The van der Waals surface area contributed by atoms with Crippen LogP contribution in [0, 0.1) is 11.3 Å². The SMILES string of the molecule is COc1ccc(CSc2ncn[nH]2)cc1C#N. The molecule has 2 rings (SSSR count). The monoisotopic (exact) mass is 246 g/mol. The molecule has 0 fully saturated rings. The normalized spacial score (nSPS) is 9.88. The van der Waals surface area contributed by atoms with Crippen LogP contribution >= 0.6 is 11.8 Å². The van der Waals surface area contributed by atoms with E-state index in [-0.39, 0.29) is 0 Å². The summed E-state index contributed by atoms with van der Waals surface area (Å²) in [6, 6.07) is 7.67. The molecule has 1 heterocycles. The number of hydrogen-bond donors (Lipinski definition) is 1. The minimum atomic E-state index is 0.545. The lowest BCUT2D eigenvalue weighted by Crippen LogP contribution is -1.90. The first-order valence-corrected chi connectivity index (χ1v) is 5.87. The number of benzene rings is 1. The Hall–Kier alpha value is -2.00. The molecule has 0 radical (unpaired) electrons. The predicted molar refractivity (Wildman–Crippen MR) is 63.7 cm³/mol. The van der Waals surface area contributed by atoms with Crippen molar-refractivity contribution < 1.29 is 4.74 Å². The summed E-state index contributed by atoms with van der Waals surface area (Å²) in [4.78, 5) is 4.01. The number of H-pyrrole nitrogens is 1. The molecule has 17 heavy (non-hydrogen) atoms. The molecule has 1 N–H and O–H groups in total. The van der Waals surface area contributed by atoms with Crippen LogP contribution in [0.15, 0.2) is 29.7 Å². The lowest BCUT2D eigenvalue weighted by Gasteiger charge is -2.04. The van der Waals surface area contributed by atoms with Crippen molar-refractivity contribution in [2.45, 2.75) is 10.9 Å². The lowest BCUT2D eigenvalue weighted by atomic mass is 10.1. The van der Waals surface area contributed by atoms with E-state index >= 15 is 0 Å². The molecule has 0 saturated heterocycles. The molecule has 2 aromatic rings. The topological polar surface area (TPSA) is 74.6 Å². The Morgan fingerprint density at radius 3 is 3.06 bits per heavy atom. The van der Waals surface area contributed by atoms with Crippen LogP contribution in [0.5, 0.6) is 5.75 Å². The van der Waals surface area contributed by atoms with Crippen LogP contribution in [0.3, 0.4) is 0 Å². The van der Waals surface area contributed by atoms with E-state index < -0.39 is 0 Å². The van der Waals surface area contributed by atoms with E-state index in [9.17, 15) is 0 Å². The Labute approximate surface area is 103 Å². The van der Waals surface area contributed by atoms with Gasteiger partial charge >= 0.3 is 0 Å². The first-order chi connectivity index (χ1) is 8.33. The zero-order valence-electron chi connectivity index (χ0n) is 9.17. The second kappa shape index (κ2) is 5.37. The van der Waals surface area contributed by atoms with Crippen molar-refractivity contribution in [2.75, 3.05) is 7.11 Å². The number of hydrogen-bond acceptors (Lipinski definition) is 5. The largest absolute Gasteiger partial charge is 0.495 e. The molecule has 0 bridgehead atoms. The van der Waals surface area contributed by atoms with Gasteiger partial charge in [0, 0.05) is 5.75 Å². The average molecular weight is 246 g/mol. The Morgan fingerprint density at radius 1 is 1.53 bits per heavy atom. The van der Waals surface area contributed by atoms with Crippen LogP contribution in [0.25, 0.3) is 0 Å². The highest BCUT2D eigenvalue weighted by Gasteiger charge is 2.04. The summed E-state index contributed by atoms with van der Waals surface area (Å²) < 4.78 is 5.08. The standard InChI is InChI=1S/C11H10N4OS/c1-16-10-3-2-8(4-9(10)5-12)6-17-11-13-7-14-15-11/h2-4,7H,6H2,1H3,(H,13,14,15). The molecule has 0 spiro atoms. The van der Waals surface area contributed by atoms with Crippen LogP contribution in [0.2, 0.25) is 0 Å². The molecule has 0 aliphatic carbocycles. The number of nitrogens with one attached hydrogen (secondary N) is 1. The minimum Gasteiger partial charge on any atom is -0.495 e. The Kier molecular flexibility index (Phi) is 3.62. The fourth-order valence-corrected chi connectivity index (χ4v) is 2.07. The maximum atomic E-state index is 8.96. The summed E-state index contributed by atoms with van der Waals surface area (Å²) in [6.45, 7) is 0. The molecule has 0 aliphatic rings. The number of rotatable bonds is 4. The van der Waals surface area contributed by atoms with E-state index in [1.807, 2.05) is 12.1 Å². The predicted octanol–water partition coefficient (Wildman–Crippen LogP) is 1.98. The summed E-state index contributed by atoms with van der Waals surface area (Å²) in [6.07, 6.45) is 1.47. The van der Waals surface area contributed by atoms with Gasteiger partial charge in [0.25, 0.3) is 0 Å². The fourth-order valence-electron chi connectivity index (χ4n) is 1.35. The van der Waals surface area contributed by atoms with Gasteiger partial charge in [-0.3, -0.25) is 5.10 Å². The van der Waals surface area contributed by atoms with Crippen molar-refractivity contribution in [3.63, 3.8) is 0 Å². The summed E-state index contributed by atoms with van der Waals surface area (Å²) in [5, 5.41) is 16.3. The summed E-state index contributed by atoms with van der Waals surface area (Å²) in [5.74, 6) is 1.33. The number of nitrogens with zero attached hydrogens (tertiary/aromatic N) is 3. The van der Waals surface area contributed by atoms with Gasteiger partial charge in [-0.25, -0.2) is 4.98 Å². The first-order valence-electron chi connectivity index (χ1n) is 4.88. The summed E-state index contributed by atoms with van der Waals surface area (Å²) in [5.41, 5.74) is 1.59. The molecule has 86 valence electrons. The molecule has 1 aromatic heterocycles. The van der Waals surface area contributed by atoms with E-state index in [4.69, 9.17) is 10.00 Å². The first kappa shape index (κ1) is 11.5. The Balaban J connectivity index is 2.09. The van der Waals surface area contributed by atoms with Crippen LogP contribution in [0.4, 0.5) is 0 Å². The average Bonchev–Trinajstić information content (AvgIpc) is 2.89. The van der Waals surface area contributed by atoms with E-state index in [1.165, 1.54) is 18.1 Å². The van der Waals surface area contributed by atoms with Crippen molar-refractivity contribution in [3.05, 3.63) is 35.7 Å². The second-order valence-corrected chi connectivity index (χ2v) is 4.19. The maximum Gasteiger partial charge on any atom is 0.183 e. The van der Waals surface area contributed by atoms with Gasteiger partial charge in [-0.05, 0) is 17.7 Å². The van der Waals surface area contributed by atoms with Crippen molar-refractivity contribution in [2.24, 2.45) is 0 Å². The zero-order valence-corrected chi connectivity index (χ0v) is 9.99. The van der Waals surface area contributed by atoms with E-state index in [0.29, 0.717) is 11.3 Å². The molecule has 5 nitrogen and oxygen atoms in total. The molecule has 0 aliphatic heterocycles. The minimum absolute atomic E-state index is 0.545. The second-order valence-electron chi connectivity index (χ2n) is 3.23. The number of nitriles is 1. The van der Waals surface area contributed by atoms with E-state index in [1.54, 1.807) is 13.2 Å². The number of ether oxygens (including phenoxy) is 1. The third-order valence-corrected chi connectivity index (χ3v) is 3.10. The number of thioether (sulfide) groups is 1. The number of methoxy groups -OCH3 is 1. The van der Waals surface area contributed by atoms with E-state index in [2.05, 4.69) is 21.3 Å². The molecule has 0 atom stereocenters. The van der Waals surface area contributed by atoms with Crippen LogP contribution in [0.1, 0.15) is 11.1 Å². The Morgan fingerprint density at radius 2 is 2.41 bits per heavy atom. The van der Waals surface area contributed by atoms with Crippen LogP contribution < -0.4 is 4.74 Å². The molecule has 0 saturated carbocycles. The van der Waals surface area contributed by atoms with Gasteiger partial charge < -0.3 is 4.74 Å². The van der Waals surface area contributed by atoms with E-state index in [0.717, 1.165) is 16.5 Å². The molecular weight excluding hydrogens is 236 g/mol. The highest BCUT2D eigenvalue weighted by atomic mass is 32.2. The zero-order chi connectivity index (χ0) is 12.1. The van der Waals surface area contributed by atoms with Gasteiger partial charge in [0.1, 0.15) is 18.1 Å². The highest BCUT2D eigenvalue weighted by molar-refractivity contribution is 7.98. The Bertz CT molecular complexity index is 533. The quantitative estimate of drug-likeness (QED) is 0.835. The van der Waals surface area contributed by atoms with Crippen LogP contribution in [-0.2, 0) is 5.75 Å². The third-order valence-electron chi connectivity index (χ3n) is 2.15. The number of aromatic nitrogens is 3. The van der Waals surface area contributed by atoms with Crippen molar-refractivity contribution in [1.29, 1.82) is 5.26 Å². The van der Waals surface area contributed by atoms with Crippen molar-refractivity contribution in [1.82, 2.24) is 15.2 Å². The molecular formula is C11H10N4OS. The van der Waals surface area contributed by atoms with Gasteiger partial charge in [-0.1, -0.05) is 17.8 Å². The molecule has 6 heteroatoms. The van der Waals surface area contributed by atoms with Gasteiger partial charge in [-0.15, -0.1) is 0 Å². The fraction of sp³-hybridized carbons (Fsp3) is 0.182. The van der Waals surface area contributed by atoms with Gasteiger partial charge in [0.2, 0.25) is 0 Å². The summed E-state index contributed by atoms with van der Waals surface area (Å²) in [7, 11) is 1.55. The molecule has 0 amide bonds. The smallest absolute Gasteiger partial charge is 0.183 e. The molecule has 0 unspecified atom stereocenters. The summed E-state index contributed by atoms with van der Waals surface area (Å²) >= 11 is 1.53. The third kappa shape index (κ3) is 2.77. The highest BCUT2D eigenvalue weighted by Crippen LogP contribution is 2.23. The van der Waals surface area contributed by atoms with Crippen molar-refractivity contribution in [3.8, 4) is 11.8 Å². The van der Waals surface area contributed by atoms with Crippen molar-refractivity contribution >= 4 is 11.8 Å². The number of aromatic amines is 1. The molecule has 1 aromatic carbocycles. The lowest BCUT2D eigenvalue weighted by molar-refractivity contribution is 0.413. The van der Waals surface area contributed by atoms with Gasteiger partial charge in [0.05, 0.1) is 12.7 Å². The van der Waals surface area contributed by atoms with Gasteiger partial charge in [-0.2, -0.15) is 10.4 Å². The van der Waals surface area contributed by atoms with Crippen LogP contribution in [-0.4, -0.2) is 22.3 Å². The van der Waals surface area contributed by atoms with Gasteiger partial charge in [0.15, 0.2) is 5.16 Å².